The van der Waals surface area contributed by atoms with Crippen LogP contribution in [0.4, 0.5) is 13.2 Å². The lowest BCUT2D eigenvalue weighted by molar-refractivity contribution is -0.146. The van der Waals surface area contributed by atoms with Crippen molar-refractivity contribution in [2.45, 2.75) is 50.2 Å². The lowest BCUT2D eigenvalue weighted by atomic mass is 9.83. The summed E-state index contributed by atoms with van der Waals surface area (Å²) in [4.78, 5) is 0. The van der Waals surface area contributed by atoms with Gasteiger partial charge in [-0.15, -0.1) is 0 Å². The summed E-state index contributed by atoms with van der Waals surface area (Å²) in [5.74, 6) is 0. The summed E-state index contributed by atoms with van der Waals surface area (Å²) < 4.78 is 40.4. The van der Waals surface area contributed by atoms with Crippen molar-refractivity contribution < 1.29 is 17.9 Å². The van der Waals surface area contributed by atoms with Crippen LogP contribution in [0.15, 0.2) is 0 Å². The molecule has 0 aromatic rings. The normalized spacial score (nSPS) is 21.6. The number of rotatable bonds is 4. The molecule has 0 radical (unpaired) electrons. The molecular formula is C10H18F3NO. The highest BCUT2D eigenvalue weighted by atomic mass is 19.4. The number of ether oxygens (including phenoxy) is 1. The summed E-state index contributed by atoms with van der Waals surface area (Å²) >= 11 is 0. The maximum Gasteiger partial charge on any atom is 0.391 e. The monoisotopic (exact) mass is 225 g/mol. The number of nitrogens with two attached hydrogens (primary N) is 1. The number of halogens is 3. The molecule has 0 bridgehead atoms. The quantitative estimate of drug-likeness (QED) is 0.746. The van der Waals surface area contributed by atoms with E-state index in [0.717, 1.165) is 25.7 Å². The van der Waals surface area contributed by atoms with Gasteiger partial charge in [-0.3, -0.25) is 0 Å². The van der Waals surface area contributed by atoms with Gasteiger partial charge in [-0.1, -0.05) is 19.3 Å². The molecule has 0 aromatic heterocycles. The predicted octanol–water partition coefficient (Wildman–Crippen LogP) is 2.62. The van der Waals surface area contributed by atoms with Crippen molar-refractivity contribution in [2.24, 2.45) is 5.73 Å². The molecule has 15 heavy (non-hydrogen) atoms. The lowest BCUT2D eigenvalue weighted by Crippen LogP contribution is -2.46. The standard InChI is InChI=1S/C10H18F3NO/c11-10(12,13)6-7-15-8-9(14)4-2-1-3-5-9/h1-8,14H2. The van der Waals surface area contributed by atoms with Gasteiger partial charge >= 0.3 is 6.18 Å². The summed E-state index contributed by atoms with van der Waals surface area (Å²) in [6.45, 7) is -0.0223. The Balaban J connectivity index is 2.13. The van der Waals surface area contributed by atoms with E-state index in [4.69, 9.17) is 10.5 Å². The Hall–Kier alpha value is -0.290. The largest absolute Gasteiger partial charge is 0.391 e. The first-order valence-corrected chi connectivity index (χ1v) is 5.35. The van der Waals surface area contributed by atoms with Crippen LogP contribution >= 0.6 is 0 Å². The molecule has 0 aromatic carbocycles. The zero-order valence-corrected chi connectivity index (χ0v) is 8.78. The Labute approximate surface area is 88.0 Å². The highest BCUT2D eigenvalue weighted by Crippen LogP contribution is 2.26. The van der Waals surface area contributed by atoms with Gasteiger partial charge < -0.3 is 10.5 Å². The van der Waals surface area contributed by atoms with E-state index in [1.165, 1.54) is 6.42 Å². The van der Waals surface area contributed by atoms with Crippen molar-refractivity contribution in [1.29, 1.82) is 0 Å². The van der Waals surface area contributed by atoms with E-state index in [0.29, 0.717) is 0 Å². The summed E-state index contributed by atoms with van der Waals surface area (Å²) in [5, 5.41) is 0. The Morgan fingerprint density at radius 2 is 1.73 bits per heavy atom. The number of hydrogen-bond acceptors (Lipinski definition) is 2. The van der Waals surface area contributed by atoms with Gasteiger partial charge in [-0.2, -0.15) is 13.2 Å². The molecule has 1 rings (SSSR count). The van der Waals surface area contributed by atoms with Crippen LogP contribution in [0.2, 0.25) is 0 Å². The molecule has 0 unspecified atom stereocenters. The van der Waals surface area contributed by atoms with E-state index in [1.54, 1.807) is 0 Å². The first-order valence-electron chi connectivity index (χ1n) is 5.35. The van der Waals surface area contributed by atoms with Gasteiger partial charge in [0.05, 0.1) is 19.6 Å². The molecule has 2 N–H and O–H groups in total. The van der Waals surface area contributed by atoms with Crippen molar-refractivity contribution in [2.75, 3.05) is 13.2 Å². The van der Waals surface area contributed by atoms with E-state index in [-0.39, 0.29) is 18.8 Å². The lowest BCUT2D eigenvalue weighted by Gasteiger charge is -2.33. The van der Waals surface area contributed by atoms with Gasteiger partial charge in [0.15, 0.2) is 0 Å². The van der Waals surface area contributed by atoms with Gasteiger partial charge in [0.25, 0.3) is 0 Å². The van der Waals surface area contributed by atoms with E-state index in [2.05, 4.69) is 0 Å². The van der Waals surface area contributed by atoms with Crippen LogP contribution < -0.4 is 5.73 Å². The average Bonchev–Trinajstić information content (AvgIpc) is 2.12. The second-order valence-electron chi connectivity index (χ2n) is 4.34. The van der Waals surface area contributed by atoms with Crippen LogP contribution in [0.5, 0.6) is 0 Å². The smallest absolute Gasteiger partial charge is 0.379 e. The fourth-order valence-corrected chi connectivity index (χ4v) is 1.86. The van der Waals surface area contributed by atoms with Gasteiger partial charge in [-0.05, 0) is 12.8 Å². The van der Waals surface area contributed by atoms with Gasteiger partial charge in [0, 0.05) is 5.54 Å². The fourth-order valence-electron chi connectivity index (χ4n) is 1.86. The molecule has 1 saturated carbocycles. The van der Waals surface area contributed by atoms with E-state index >= 15 is 0 Å². The van der Waals surface area contributed by atoms with Crippen LogP contribution in [-0.4, -0.2) is 24.9 Å². The molecule has 0 aliphatic heterocycles. The summed E-state index contributed by atoms with van der Waals surface area (Å²) in [7, 11) is 0. The highest BCUT2D eigenvalue weighted by Gasteiger charge is 2.29. The zero-order valence-electron chi connectivity index (χ0n) is 8.78. The minimum absolute atomic E-state index is 0.253. The second-order valence-corrected chi connectivity index (χ2v) is 4.34. The van der Waals surface area contributed by atoms with Gasteiger partial charge in [0.2, 0.25) is 0 Å². The second kappa shape index (κ2) is 5.16. The third-order valence-corrected chi connectivity index (χ3v) is 2.77. The van der Waals surface area contributed by atoms with Gasteiger partial charge in [-0.25, -0.2) is 0 Å². The van der Waals surface area contributed by atoms with Crippen LogP contribution in [0, 0.1) is 0 Å². The fraction of sp³-hybridized carbons (Fsp3) is 1.00. The third kappa shape index (κ3) is 5.37. The van der Waals surface area contributed by atoms with Crippen molar-refractivity contribution in [3.05, 3.63) is 0 Å². The first kappa shape index (κ1) is 12.8. The summed E-state index contributed by atoms with van der Waals surface area (Å²) in [6.07, 6.45) is -0.0186. The Kier molecular flexibility index (Phi) is 4.40. The van der Waals surface area contributed by atoms with Crippen molar-refractivity contribution in [3.8, 4) is 0 Å². The molecule has 0 heterocycles. The molecule has 0 spiro atoms. The topological polar surface area (TPSA) is 35.2 Å². The molecule has 5 heteroatoms. The maximum absolute atomic E-state index is 11.8. The first-order chi connectivity index (χ1) is 6.91. The van der Waals surface area contributed by atoms with Crippen LogP contribution in [0.3, 0.4) is 0 Å². The molecule has 2 nitrogen and oxygen atoms in total. The molecule has 0 atom stereocenters. The average molecular weight is 225 g/mol. The molecule has 0 saturated heterocycles. The maximum atomic E-state index is 11.8. The molecular weight excluding hydrogens is 207 g/mol. The molecule has 90 valence electrons. The van der Waals surface area contributed by atoms with E-state index < -0.39 is 12.6 Å². The van der Waals surface area contributed by atoms with Crippen molar-refractivity contribution in [3.63, 3.8) is 0 Å². The minimum Gasteiger partial charge on any atom is -0.379 e. The third-order valence-electron chi connectivity index (χ3n) is 2.77. The Morgan fingerprint density at radius 1 is 1.13 bits per heavy atom. The summed E-state index contributed by atoms with van der Waals surface area (Å²) in [6, 6.07) is 0. The number of hydrogen-bond donors (Lipinski definition) is 1. The van der Waals surface area contributed by atoms with Gasteiger partial charge in [0.1, 0.15) is 0 Å². The zero-order chi connectivity index (χ0) is 11.4. The van der Waals surface area contributed by atoms with Crippen LogP contribution in [0.25, 0.3) is 0 Å². The molecule has 0 amide bonds. The SMILES string of the molecule is NC1(COCCC(F)(F)F)CCCCC1. The Morgan fingerprint density at radius 3 is 2.27 bits per heavy atom. The van der Waals surface area contributed by atoms with Crippen LogP contribution in [0.1, 0.15) is 38.5 Å². The molecule has 1 fully saturated rings. The van der Waals surface area contributed by atoms with Crippen molar-refractivity contribution >= 4 is 0 Å². The summed E-state index contributed by atoms with van der Waals surface area (Å²) in [5.41, 5.74) is 5.62. The van der Waals surface area contributed by atoms with Crippen LogP contribution in [-0.2, 0) is 4.74 Å². The predicted molar refractivity (Wildman–Crippen MR) is 51.5 cm³/mol. The Bertz CT molecular complexity index is 188. The van der Waals surface area contributed by atoms with E-state index in [1.807, 2.05) is 0 Å². The highest BCUT2D eigenvalue weighted by molar-refractivity contribution is 4.86. The molecule has 1 aliphatic carbocycles. The minimum atomic E-state index is -4.13. The van der Waals surface area contributed by atoms with Crippen molar-refractivity contribution in [1.82, 2.24) is 0 Å². The van der Waals surface area contributed by atoms with E-state index in [9.17, 15) is 13.2 Å². The molecule has 1 aliphatic rings. The number of alkyl halides is 3.